The third-order valence-electron chi connectivity index (χ3n) is 4.86. The van der Waals surface area contributed by atoms with E-state index in [1.54, 1.807) is 7.05 Å². The molecule has 0 radical (unpaired) electrons. The number of benzene rings is 2. The van der Waals surface area contributed by atoms with Gasteiger partial charge >= 0.3 is 0 Å². The lowest BCUT2D eigenvalue weighted by Gasteiger charge is -2.22. The molecule has 1 heterocycles. The second kappa shape index (κ2) is 8.28. The predicted octanol–water partition coefficient (Wildman–Crippen LogP) is 2.47. The van der Waals surface area contributed by atoms with E-state index in [0.29, 0.717) is 6.04 Å². The van der Waals surface area contributed by atoms with E-state index in [0.717, 1.165) is 26.1 Å². The van der Waals surface area contributed by atoms with Crippen LogP contribution in [0.15, 0.2) is 54.6 Å². The number of nitrogens with zero attached hydrogens (tertiary/aromatic N) is 1. The SMILES string of the molecule is CNC(=O)[C@@H]1C[C@@H](NCc2cccc(C)c2)CN1Cc1ccccc1. The molecule has 1 saturated heterocycles. The van der Waals surface area contributed by atoms with Gasteiger partial charge in [0.15, 0.2) is 0 Å². The number of aryl methyl sites for hydroxylation is 1. The maximum atomic E-state index is 12.3. The zero-order valence-electron chi connectivity index (χ0n) is 15.0. The first-order valence-electron chi connectivity index (χ1n) is 8.94. The van der Waals surface area contributed by atoms with Crippen LogP contribution in [0.25, 0.3) is 0 Å². The van der Waals surface area contributed by atoms with Gasteiger partial charge in [-0.15, -0.1) is 0 Å². The molecule has 1 fully saturated rings. The molecule has 25 heavy (non-hydrogen) atoms. The first-order valence-corrected chi connectivity index (χ1v) is 8.94. The van der Waals surface area contributed by atoms with Gasteiger partial charge in [-0.25, -0.2) is 0 Å². The number of hydrogen-bond donors (Lipinski definition) is 2. The monoisotopic (exact) mass is 337 g/mol. The minimum Gasteiger partial charge on any atom is -0.358 e. The Morgan fingerprint density at radius 2 is 1.88 bits per heavy atom. The number of likely N-dealkylation sites (N-methyl/N-ethyl adjacent to an activating group) is 1. The summed E-state index contributed by atoms with van der Waals surface area (Å²) in [5, 5.41) is 6.44. The Morgan fingerprint density at radius 1 is 1.12 bits per heavy atom. The molecule has 4 heteroatoms. The molecule has 0 aromatic heterocycles. The highest BCUT2D eigenvalue weighted by atomic mass is 16.2. The van der Waals surface area contributed by atoms with Crippen LogP contribution < -0.4 is 10.6 Å². The van der Waals surface area contributed by atoms with Crippen LogP contribution in [0.3, 0.4) is 0 Å². The lowest BCUT2D eigenvalue weighted by atomic mass is 10.1. The van der Waals surface area contributed by atoms with Crippen LogP contribution in [-0.4, -0.2) is 36.5 Å². The van der Waals surface area contributed by atoms with Gasteiger partial charge in [0.25, 0.3) is 0 Å². The van der Waals surface area contributed by atoms with E-state index >= 15 is 0 Å². The Labute approximate surface area is 150 Å². The fraction of sp³-hybridized carbons (Fsp3) is 0.381. The summed E-state index contributed by atoms with van der Waals surface area (Å²) in [5.74, 6) is 0.107. The van der Waals surface area contributed by atoms with E-state index in [-0.39, 0.29) is 11.9 Å². The van der Waals surface area contributed by atoms with Crippen LogP contribution in [-0.2, 0) is 17.9 Å². The molecule has 4 nitrogen and oxygen atoms in total. The molecule has 0 saturated carbocycles. The van der Waals surface area contributed by atoms with Crippen molar-refractivity contribution in [3.05, 3.63) is 71.3 Å². The standard InChI is InChI=1S/C21H27N3O/c1-16-7-6-10-18(11-16)13-23-19-12-20(21(25)22-2)24(15-19)14-17-8-4-3-5-9-17/h3-11,19-20,23H,12-15H2,1-2H3,(H,22,25)/t19-,20+/m1/s1. The molecule has 1 aliphatic heterocycles. The Morgan fingerprint density at radius 3 is 2.60 bits per heavy atom. The fourth-order valence-electron chi connectivity index (χ4n) is 3.57. The van der Waals surface area contributed by atoms with Gasteiger partial charge in [-0.05, 0) is 24.5 Å². The molecule has 1 aliphatic rings. The van der Waals surface area contributed by atoms with E-state index in [2.05, 4.69) is 58.9 Å². The third-order valence-corrected chi connectivity index (χ3v) is 4.86. The van der Waals surface area contributed by atoms with Crippen LogP contribution in [0.5, 0.6) is 0 Å². The molecular weight excluding hydrogens is 310 g/mol. The lowest BCUT2D eigenvalue weighted by Crippen LogP contribution is -2.41. The van der Waals surface area contributed by atoms with Crippen molar-refractivity contribution in [1.82, 2.24) is 15.5 Å². The highest BCUT2D eigenvalue weighted by molar-refractivity contribution is 5.81. The molecule has 0 aliphatic carbocycles. The molecule has 0 bridgehead atoms. The molecule has 2 N–H and O–H groups in total. The summed E-state index contributed by atoms with van der Waals surface area (Å²) in [4.78, 5) is 14.6. The topological polar surface area (TPSA) is 44.4 Å². The van der Waals surface area contributed by atoms with Crippen LogP contribution in [0, 0.1) is 6.92 Å². The average Bonchev–Trinajstić information content (AvgIpc) is 3.03. The number of amides is 1. The molecule has 0 unspecified atom stereocenters. The molecule has 1 amide bonds. The Kier molecular flexibility index (Phi) is 5.84. The van der Waals surface area contributed by atoms with Crippen molar-refractivity contribution in [2.75, 3.05) is 13.6 Å². The van der Waals surface area contributed by atoms with Crippen molar-refractivity contribution in [3.63, 3.8) is 0 Å². The molecule has 2 aromatic carbocycles. The third kappa shape index (κ3) is 4.68. The van der Waals surface area contributed by atoms with Crippen LogP contribution in [0.2, 0.25) is 0 Å². The molecule has 0 spiro atoms. The number of nitrogens with one attached hydrogen (secondary N) is 2. The number of carbonyl (C=O) groups is 1. The van der Waals surface area contributed by atoms with Gasteiger partial charge in [0, 0.05) is 32.7 Å². The fourth-order valence-corrected chi connectivity index (χ4v) is 3.57. The van der Waals surface area contributed by atoms with Crippen molar-refractivity contribution in [1.29, 1.82) is 0 Å². The van der Waals surface area contributed by atoms with Gasteiger partial charge in [-0.1, -0.05) is 60.2 Å². The average molecular weight is 337 g/mol. The second-order valence-electron chi connectivity index (χ2n) is 6.85. The van der Waals surface area contributed by atoms with Crippen molar-refractivity contribution < 1.29 is 4.79 Å². The summed E-state index contributed by atoms with van der Waals surface area (Å²) < 4.78 is 0. The second-order valence-corrected chi connectivity index (χ2v) is 6.85. The largest absolute Gasteiger partial charge is 0.358 e. The Bertz CT molecular complexity index is 701. The van der Waals surface area contributed by atoms with E-state index in [1.165, 1.54) is 16.7 Å². The predicted molar refractivity (Wildman–Crippen MR) is 101 cm³/mol. The quantitative estimate of drug-likeness (QED) is 0.851. The van der Waals surface area contributed by atoms with Gasteiger partial charge in [-0.2, -0.15) is 0 Å². The number of carbonyl (C=O) groups excluding carboxylic acids is 1. The van der Waals surface area contributed by atoms with E-state index in [9.17, 15) is 4.79 Å². The van der Waals surface area contributed by atoms with Gasteiger partial charge in [0.2, 0.25) is 5.91 Å². The smallest absolute Gasteiger partial charge is 0.237 e. The van der Waals surface area contributed by atoms with Gasteiger partial charge in [0.05, 0.1) is 6.04 Å². The summed E-state index contributed by atoms with van der Waals surface area (Å²) in [7, 11) is 1.72. The van der Waals surface area contributed by atoms with Gasteiger partial charge in [-0.3, -0.25) is 9.69 Å². The van der Waals surface area contributed by atoms with Crippen molar-refractivity contribution in [3.8, 4) is 0 Å². The summed E-state index contributed by atoms with van der Waals surface area (Å²) >= 11 is 0. The Balaban J connectivity index is 1.63. The lowest BCUT2D eigenvalue weighted by molar-refractivity contribution is -0.125. The van der Waals surface area contributed by atoms with Crippen molar-refractivity contribution in [2.45, 2.75) is 38.5 Å². The van der Waals surface area contributed by atoms with E-state index in [1.807, 2.05) is 18.2 Å². The summed E-state index contributed by atoms with van der Waals surface area (Å²) in [6.07, 6.45) is 0.846. The minimum atomic E-state index is -0.0692. The van der Waals surface area contributed by atoms with Crippen molar-refractivity contribution in [2.24, 2.45) is 0 Å². The number of likely N-dealkylation sites (tertiary alicyclic amines) is 1. The summed E-state index contributed by atoms with van der Waals surface area (Å²) in [6.45, 7) is 4.65. The first-order chi connectivity index (χ1) is 12.2. The summed E-state index contributed by atoms with van der Waals surface area (Å²) in [6, 6.07) is 19.2. The summed E-state index contributed by atoms with van der Waals surface area (Å²) in [5.41, 5.74) is 3.81. The minimum absolute atomic E-state index is 0.0692. The first kappa shape index (κ1) is 17.6. The molecule has 2 atom stereocenters. The van der Waals surface area contributed by atoms with Crippen LogP contribution >= 0.6 is 0 Å². The highest BCUT2D eigenvalue weighted by Gasteiger charge is 2.35. The van der Waals surface area contributed by atoms with Gasteiger partial charge in [0.1, 0.15) is 0 Å². The Hall–Kier alpha value is -2.17. The van der Waals surface area contributed by atoms with Crippen LogP contribution in [0.1, 0.15) is 23.1 Å². The molecule has 3 rings (SSSR count). The maximum absolute atomic E-state index is 12.3. The normalized spacial score (nSPS) is 20.6. The molecular formula is C21H27N3O. The highest BCUT2D eigenvalue weighted by Crippen LogP contribution is 2.21. The molecule has 132 valence electrons. The van der Waals surface area contributed by atoms with Crippen molar-refractivity contribution >= 4 is 5.91 Å². The van der Waals surface area contributed by atoms with Crippen LogP contribution in [0.4, 0.5) is 0 Å². The number of hydrogen-bond acceptors (Lipinski definition) is 3. The van der Waals surface area contributed by atoms with E-state index < -0.39 is 0 Å². The molecule has 2 aromatic rings. The number of rotatable bonds is 6. The zero-order valence-corrected chi connectivity index (χ0v) is 15.0. The van der Waals surface area contributed by atoms with E-state index in [4.69, 9.17) is 0 Å². The van der Waals surface area contributed by atoms with Gasteiger partial charge < -0.3 is 10.6 Å². The maximum Gasteiger partial charge on any atom is 0.237 e. The zero-order chi connectivity index (χ0) is 17.6.